The van der Waals surface area contributed by atoms with E-state index in [4.69, 9.17) is 23.2 Å². The van der Waals surface area contributed by atoms with E-state index in [1.54, 1.807) is 19.1 Å². The number of halogens is 3. The number of anilines is 1. The van der Waals surface area contributed by atoms with E-state index in [2.05, 4.69) is 15.5 Å². The van der Waals surface area contributed by atoms with Crippen molar-refractivity contribution in [3.05, 3.63) is 35.6 Å². The molecule has 0 spiro atoms. The number of hydrogen-bond acceptors (Lipinski definition) is 5. The van der Waals surface area contributed by atoms with E-state index in [1.165, 1.54) is 35.2 Å². The molecule has 2 aromatic rings. The van der Waals surface area contributed by atoms with E-state index in [9.17, 15) is 9.18 Å². The Hall–Kier alpha value is -0.890. The molecule has 1 saturated carbocycles. The summed E-state index contributed by atoms with van der Waals surface area (Å²) < 4.78 is 12.5. The Morgan fingerprint density at radius 3 is 2.65 bits per heavy atom. The number of rotatable bonds is 5. The van der Waals surface area contributed by atoms with Crippen molar-refractivity contribution in [1.29, 1.82) is 0 Å². The number of alkyl halides is 2. The van der Waals surface area contributed by atoms with Crippen molar-refractivity contribution in [2.24, 2.45) is 5.41 Å². The number of carbonyl (C=O) groups is 1. The van der Waals surface area contributed by atoms with E-state index in [-0.39, 0.29) is 11.7 Å². The van der Waals surface area contributed by atoms with Gasteiger partial charge in [-0.1, -0.05) is 35.2 Å². The lowest BCUT2D eigenvalue weighted by Crippen LogP contribution is -2.25. The number of benzene rings is 1. The number of carbonyl (C=O) groups excluding carboxylic acids is 1. The molecule has 1 atom stereocenters. The normalized spacial score (nSPS) is 21.9. The maximum absolute atomic E-state index is 12.8. The highest BCUT2D eigenvalue weighted by atomic mass is 35.5. The molecule has 0 radical (unpaired) electrons. The lowest BCUT2D eigenvalue weighted by molar-refractivity contribution is -0.120. The van der Waals surface area contributed by atoms with Crippen LogP contribution in [0.25, 0.3) is 0 Å². The van der Waals surface area contributed by atoms with E-state index in [0.29, 0.717) is 21.6 Å². The lowest BCUT2D eigenvalue weighted by atomic mass is 10.1. The molecule has 0 bridgehead atoms. The number of aromatic nitrogens is 2. The monoisotopic (exact) mass is 391 g/mol. The quantitative estimate of drug-likeness (QED) is 0.463. The molecule has 0 aliphatic heterocycles. The fourth-order valence-corrected chi connectivity index (χ4v) is 4.33. The van der Waals surface area contributed by atoms with Crippen LogP contribution in [0, 0.1) is 11.2 Å². The Morgan fingerprint density at radius 1 is 1.39 bits per heavy atom. The standard InChI is InChI=1S/C14H12Cl2FN3OS2/c1-13(7-14(13,15)16)10(21)18-11-19-20-12(23-11)22-6-8-2-4-9(17)5-3-8/h2-5H,6-7H2,1H3,(H,18,19,21)/t13-/m0/s1. The number of amides is 1. The van der Waals surface area contributed by atoms with Gasteiger partial charge in [0.2, 0.25) is 11.0 Å². The van der Waals surface area contributed by atoms with Crippen molar-refractivity contribution in [3.8, 4) is 0 Å². The van der Waals surface area contributed by atoms with Gasteiger partial charge in [-0.05, 0) is 31.0 Å². The summed E-state index contributed by atoms with van der Waals surface area (Å²) in [6, 6.07) is 6.28. The fourth-order valence-electron chi connectivity index (χ4n) is 1.93. The van der Waals surface area contributed by atoms with Crippen molar-refractivity contribution >= 4 is 57.3 Å². The van der Waals surface area contributed by atoms with Gasteiger partial charge in [-0.15, -0.1) is 33.4 Å². The molecule has 1 aliphatic carbocycles. The van der Waals surface area contributed by atoms with Crippen LogP contribution in [0.3, 0.4) is 0 Å². The Morgan fingerprint density at radius 2 is 2.04 bits per heavy atom. The molecule has 1 aliphatic rings. The molecule has 1 aromatic heterocycles. The van der Waals surface area contributed by atoms with Gasteiger partial charge in [-0.3, -0.25) is 10.1 Å². The molecule has 1 fully saturated rings. The number of hydrogen-bond donors (Lipinski definition) is 1. The summed E-state index contributed by atoms with van der Waals surface area (Å²) in [6.45, 7) is 1.72. The van der Waals surface area contributed by atoms with Crippen molar-refractivity contribution in [3.63, 3.8) is 0 Å². The van der Waals surface area contributed by atoms with Crippen molar-refractivity contribution < 1.29 is 9.18 Å². The summed E-state index contributed by atoms with van der Waals surface area (Å²) in [4.78, 5) is 12.1. The first-order chi connectivity index (χ1) is 10.8. The second-order valence-corrected chi connectivity index (χ2v) is 9.14. The van der Waals surface area contributed by atoms with Gasteiger partial charge in [0.05, 0.1) is 5.41 Å². The molecule has 1 aromatic carbocycles. The van der Waals surface area contributed by atoms with Gasteiger partial charge in [-0.2, -0.15) is 0 Å². The predicted octanol–water partition coefficient (Wildman–Crippen LogP) is 4.49. The molecule has 122 valence electrons. The zero-order chi connectivity index (χ0) is 16.7. The van der Waals surface area contributed by atoms with Crippen LogP contribution in [0.5, 0.6) is 0 Å². The molecule has 0 saturated heterocycles. The number of thioether (sulfide) groups is 1. The van der Waals surface area contributed by atoms with Crippen molar-refractivity contribution in [2.45, 2.75) is 27.8 Å². The van der Waals surface area contributed by atoms with E-state index in [0.717, 1.165) is 5.56 Å². The van der Waals surface area contributed by atoms with Crippen LogP contribution in [0.1, 0.15) is 18.9 Å². The van der Waals surface area contributed by atoms with Gasteiger partial charge in [-0.25, -0.2) is 4.39 Å². The zero-order valence-corrected chi connectivity index (χ0v) is 15.1. The minimum atomic E-state index is -1.01. The molecular weight excluding hydrogens is 380 g/mol. The van der Waals surface area contributed by atoms with Crippen LogP contribution < -0.4 is 5.32 Å². The largest absolute Gasteiger partial charge is 0.300 e. The van der Waals surface area contributed by atoms with Crippen LogP contribution >= 0.6 is 46.3 Å². The molecule has 1 heterocycles. The first-order valence-electron chi connectivity index (χ1n) is 6.70. The van der Waals surface area contributed by atoms with Crippen LogP contribution in [0.4, 0.5) is 9.52 Å². The van der Waals surface area contributed by atoms with Gasteiger partial charge in [0, 0.05) is 5.75 Å². The lowest BCUT2D eigenvalue weighted by Gasteiger charge is -2.09. The highest BCUT2D eigenvalue weighted by Gasteiger charge is 2.68. The third-order valence-electron chi connectivity index (χ3n) is 3.66. The Labute approximate surface area is 150 Å². The van der Waals surface area contributed by atoms with Gasteiger partial charge in [0.15, 0.2) is 4.34 Å². The topological polar surface area (TPSA) is 54.9 Å². The summed E-state index contributed by atoms with van der Waals surface area (Å²) >= 11 is 14.7. The average Bonchev–Trinajstić information content (AvgIpc) is 2.84. The van der Waals surface area contributed by atoms with Gasteiger partial charge in [0.1, 0.15) is 10.2 Å². The van der Waals surface area contributed by atoms with Crippen LogP contribution in [0.15, 0.2) is 28.6 Å². The highest BCUT2D eigenvalue weighted by molar-refractivity contribution is 8.00. The van der Waals surface area contributed by atoms with Gasteiger partial charge in [0.25, 0.3) is 0 Å². The van der Waals surface area contributed by atoms with E-state index >= 15 is 0 Å². The minimum absolute atomic E-state index is 0.256. The molecular formula is C14H12Cl2FN3OS2. The van der Waals surface area contributed by atoms with Crippen molar-refractivity contribution in [1.82, 2.24) is 10.2 Å². The number of nitrogens with one attached hydrogen (secondary N) is 1. The first kappa shape index (κ1) is 17.0. The maximum Gasteiger partial charge on any atom is 0.235 e. The molecule has 3 rings (SSSR count). The molecule has 0 unspecified atom stereocenters. The van der Waals surface area contributed by atoms with Gasteiger partial charge < -0.3 is 0 Å². The maximum atomic E-state index is 12.8. The molecule has 1 N–H and O–H groups in total. The van der Waals surface area contributed by atoms with Crippen LogP contribution in [-0.4, -0.2) is 20.4 Å². The second-order valence-electron chi connectivity index (χ2n) is 5.46. The third kappa shape index (κ3) is 3.63. The Bertz CT molecular complexity index is 738. The Kier molecular flexibility index (Phi) is 4.57. The zero-order valence-electron chi connectivity index (χ0n) is 12.0. The number of nitrogens with zero attached hydrogens (tertiary/aromatic N) is 2. The molecule has 1 amide bonds. The summed E-state index contributed by atoms with van der Waals surface area (Å²) in [5.74, 6) is 0.129. The van der Waals surface area contributed by atoms with E-state index < -0.39 is 9.75 Å². The molecule has 9 heteroatoms. The SMILES string of the molecule is C[C@@]1(C(=O)Nc2nnc(SCc3ccc(F)cc3)s2)CC1(Cl)Cl. The summed E-state index contributed by atoms with van der Waals surface area (Å²) in [7, 11) is 0. The summed E-state index contributed by atoms with van der Waals surface area (Å²) in [6.07, 6.45) is 0.417. The molecule has 23 heavy (non-hydrogen) atoms. The van der Waals surface area contributed by atoms with E-state index in [1.807, 2.05) is 0 Å². The second kappa shape index (κ2) is 6.20. The van der Waals surface area contributed by atoms with Crippen LogP contribution in [-0.2, 0) is 10.5 Å². The highest BCUT2D eigenvalue weighted by Crippen LogP contribution is 2.64. The van der Waals surface area contributed by atoms with Crippen LogP contribution in [0.2, 0.25) is 0 Å². The summed E-state index contributed by atoms with van der Waals surface area (Å²) in [5.41, 5.74) is 0.195. The third-order valence-corrected chi connectivity index (χ3v) is 6.81. The predicted molar refractivity (Wildman–Crippen MR) is 91.7 cm³/mol. The first-order valence-corrected chi connectivity index (χ1v) is 9.26. The Balaban J connectivity index is 1.56. The van der Waals surface area contributed by atoms with Gasteiger partial charge >= 0.3 is 0 Å². The average molecular weight is 392 g/mol. The molecule has 4 nitrogen and oxygen atoms in total. The smallest absolute Gasteiger partial charge is 0.235 e. The summed E-state index contributed by atoms with van der Waals surface area (Å²) in [5, 5.41) is 11.1. The minimum Gasteiger partial charge on any atom is -0.300 e. The fraction of sp³-hybridized carbons (Fsp3) is 0.357. The van der Waals surface area contributed by atoms with Crippen molar-refractivity contribution in [2.75, 3.05) is 5.32 Å².